The van der Waals surface area contributed by atoms with E-state index in [9.17, 15) is 0 Å². The average Bonchev–Trinajstić information content (AvgIpc) is 1.90. The lowest BCUT2D eigenvalue weighted by molar-refractivity contribution is -0.00124. The van der Waals surface area contributed by atoms with Crippen LogP contribution in [0.3, 0.4) is 0 Å². The second kappa shape index (κ2) is 4.97. The summed E-state index contributed by atoms with van der Waals surface area (Å²) in [4.78, 5) is 0. The van der Waals surface area contributed by atoms with E-state index in [0.717, 1.165) is 19.1 Å². The fourth-order valence-electron chi connectivity index (χ4n) is 1.43. The molecule has 0 aromatic rings. The van der Waals surface area contributed by atoms with E-state index < -0.39 is 0 Å². The van der Waals surface area contributed by atoms with E-state index in [-0.39, 0.29) is 5.60 Å². The first kappa shape index (κ1) is 11.0. The predicted molar refractivity (Wildman–Crippen MR) is 55.9 cm³/mol. The maximum absolute atomic E-state index is 5.60. The third kappa shape index (κ3) is 5.27. The summed E-state index contributed by atoms with van der Waals surface area (Å²) >= 11 is 0. The molecule has 0 aliphatic heterocycles. The second-order valence-corrected chi connectivity index (χ2v) is 4.96. The van der Waals surface area contributed by atoms with Crippen LogP contribution in [0.4, 0.5) is 0 Å². The van der Waals surface area contributed by atoms with Crippen LogP contribution in [-0.4, -0.2) is 25.3 Å². The number of hydrogen-bond acceptors (Lipinski definition) is 2. The van der Waals surface area contributed by atoms with Gasteiger partial charge in [-0.05, 0) is 46.1 Å². The van der Waals surface area contributed by atoms with E-state index in [0.29, 0.717) is 0 Å². The van der Waals surface area contributed by atoms with Gasteiger partial charge < -0.3 is 10.1 Å². The molecule has 0 atom stereocenters. The first-order valence-electron chi connectivity index (χ1n) is 5.42. The van der Waals surface area contributed by atoms with Crippen molar-refractivity contribution in [3.63, 3.8) is 0 Å². The van der Waals surface area contributed by atoms with Gasteiger partial charge in [0.2, 0.25) is 0 Å². The summed E-state index contributed by atoms with van der Waals surface area (Å²) in [5.41, 5.74) is 0.0121. The van der Waals surface area contributed by atoms with Crippen LogP contribution >= 0.6 is 0 Å². The van der Waals surface area contributed by atoms with Crippen molar-refractivity contribution in [2.75, 3.05) is 19.7 Å². The normalized spacial score (nSPS) is 18.7. The molecular formula is C11H23NO. The highest BCUT2D eigenvalue weighted by Gasteiger charge is 2.16. The Morgan fingerprint density at radius 2 is 2.00 bits per heavy atom. The molecule has 2 heteroatoms. The Bertz CT molecular complexity index is 136. The van der Waals surface area contributed by atoms with Gasteiger partial charge in [-0.1, -0.05) is 6.42 Å². The van der Waals surface area contributed by atoms with Crippen LogP contribution in [0.25, 0.3) is 0 Å². The van der Waals surface area contributed by atoms with Gasteiger partial charge in [0.25, 0.3) is 0 Å². The van der Waals surface area contributed by atoms with Crippen LogP contribution in [0.5, 0.6) is 0 Å². The van der Waals surface area contributed by atoms with Gasteiger partial charge in [0, 0.05) is 6.54 Å². The van der Waals surface area contributed by atoms with Gasteiger partial charge in [-0.3, -0.25) is 0 Å². The molecule has 1 fully saturated rings. The lowest BCUT2D eigenvalue weighted by atomic mass is 9.85. The highest BCUT2D eigenvalue weighted by atomic mass is 16.5. The molecule has 1 aliphatic carbocycles. The Morgan fingerprint density at radius 1 is 1.31 bits per heavy atom. The first-order valence-corrected chi connectivity index (χ1v) is 5.42. The smallest absolute Gasteiger partial charge is 0.0599 e. The summed E-state index contributed by atoms with van der Waals surface area (Å²) in [6.07, 6.45) is 4.28. The van der Waals surface area contributed by atoms with Crippen molar-refractivity contribution in [2.45, 2.75) is 45.6 Å². The molecule has 0 amide bonds. The molecule has 0 radical (unpaired) electrons. The van der Waals surface area contributed by atoms with Gasteiger partial charge in [0.15, 0.2) is 0 Å². The van der Waals surface area contributed by atoms with Crippen LogP contribution in [0.2, 0.25) is 0 Å². The summed E-state index contributed by atoms with van der Waals surface area (Å²) in [5, 5.41) is 3.43. The largest absolute Gasteiger partial charge is 0.375 e. The van der Waals surface area contributed by atoms with Crippen molar-refractivity contribution in [1.82, 2.24) is 5.32 Å². The summed E-state index contributed by atoms with van der Waals surface area (Å²) < 4.78 is 5.60. The van der Waals surface area contributed by atoms with E-state index in [1.165, 1.54) is 25.8 Å². The summed E-state index contributed by atoms with van der Waals surface area (Å²) in [6.45, 7) is 9.30. The van der Waals surface area contributed by atoms with Crippen molar-refractivity contribution in [3.05, 3.63) is 0 Å². The van der Waals surface area contributed by atoms with Crippen LogP contribution in [0.1, 0.15) is 40.0 Å². The summed E-state index contributed by atoms with van der Waals surface area (Å²) in [5.74, 6) is 0.953. The van der Waals surface area contributed by atoms with E-state index in [1.54, 1.807) is 0 Å². The summed E-state index contributed by atoms with van der Waals surface area (Å²) in [6, 6.07) is 0. The molecule has 0 saturated heterocycles. The minimum atomic E-state index is 0.0121. The van der Waals surface area contributed by atoms with E-state index in [2.05, 4.69) is 26.1 Å². The fraction of sp³-hybridized carbons (Fsp3) is 1.00. The van der Waals surface area contributed by atoms with Gasteiger partial charge in [0.05, 0.1) is 12.2 Å². The van der Waals surface area contributed by atoms with Gasteiger partial charge in [-0.15, -0.1) is 0 Å². The topological polar surface area (TPSA) is 21.3 Å². The molecular weight excluding hydrogens is 162 g/mol. The lowest BCUT2D eigenvalue weighted by Crippen LogP contribution is -2.31. The van der Waals surface area contributed by atoms with Crippen LogP contribution in [0.15, 0.2) is 0 Å². The highest BCUT2D eigenvalue weighted by molar-refractivity contribution is 4.71. The van der Waals surface area contributed by atoms with Gasteiger partial charge in [-0.25, -0.2) is 0 Å². The maximum Gasteiger partial charge on any atom is 0.0599 e. The van der Waals surface area contributed by atoms with E-state index in [1.807, 2.05) is 0 Å². The van der Waals surface area contributed by atoms with Crippen molar-refractivity contribution >= 4 is 0 Å². The molecule has 2 nitrogen and oxygen atoms in total. The zero-order valence-electron chi connectivity index (χ0n) is 9.23. The zero-order chi connectivity index (χ0) is 9.73. The monoisotopic (exact) mass is 185 g/mol. The van der Waals surface area contributed by atoms with Crippen LogP contribution in [0, 0.1) is 5.92 Å². The quantitative estimate of drug-likeness (QED) is 0.663. The Kier molecular flexibility index (Phi) is 4.20. The third-order valence-corrected chi connectivity index (χ3v) is 2.47. The van der Waals surface area contributed by atoms with Crippen LogP contribution in [-0.2, 0) is 4.74 Å². The highest BCUT2D eigenvalue weighted by Crippen LogP contribution is 2.24. The second-order valence-electron chi connectivity index (χ2n) is 4.96. The standard InChI is InChI=1S/C11H23NO/c1-11(2,3)13-8-7-12-9-10-5-4-6-10/h10,12H,4-9H2,1-3H3. The Labute approximate surface area is 82.0 Å². The Morgan fingerprint density at radius 3 is 2.46 bits per heavy atom. The predicted octanol–water partition coefficient (Wildman–Crippen LogP) is 2.19. The molecule has 0 aromatic carbocycles. The molecule has 1 N–H and O–H groups in total. The molecule has 0 spiro atoms. The molecule has 0 bridgehead atoms. The third-order valence-electron chi connectivity index (χ3n) is 2.47. The molecule has 13 heavy (non-hydrogen) atoms. The van der Waals surface area contributed by atoms with Gasteiger partial charge >= 0.3 is 0 Å². The fourth-order valence-corrected chi connectivity index (χ4v) is 1.43. The minimum Gasteiger partial charge on any atom is -0.375 e. The Balaban J connectivity index is 1.83. The summed E-state index contributed by atoms with van der Waals surface area (Å²) in [7, 11) is 0. The number of rotatable bonds is 5. The zero-order valence-corrected chi connectivity index (χ0v) is 9.23. The van der Waals surface area contributed by atoms with Crippen molar-refractivity contribution in [1.29, 1.82) is 0 Å². The molecule has 1 aliphatic rings. The lowest BCUT2D eigenvalue weighted by Gasteiger charge is -2.26. The minimum absolute atomic E-state index is 0.0121. The van der Waals surface area contributed by atoms with E-state index in [4.69, 9.17) is 4.74 Å². The molecule has 0 aromatic heterocycles. The number of nitrogens with one attached hydrogen (secondary N) is 1. The average molecular weight is 185 g/mol. The molecule has 1 saturated carbocycles. The first-order chi connectivity index (χ1) is 6.08. The van der Waals surface area contributed by atoms with Gasteiger partial charge in [-0.2, -0.15) is 0 Å². The molecule has 0 heterocycles. The number of ether oxygens (including phenoxy) is 1. The van der Waals surface area contributed by atoms with Gasteiger partial charge in [0.1, 0.15) is 0 Å². The van der Waals surface area contributed by atoms with Crippen molar-refractivity contribution < 1.29 is 4.74 Å². The van der Waals surface area contributed by atoms with Crippen molar-refractivity contribution in [2.24, 2.45) is 5.92 Å². The van der Waals surface area contributed by atoms with E-state index >= 15 is 0 Å². The van der Waals surface area contributed by atoms with Crippen molar-refractivity contribution in [3.8, 4) is 0 Å². The molecule has 78 valence electrons. The van der Waals surface area contributed by atoms with Crippen LogP contribution < -0.4 is 5.32 Å². The number of hydrogen-bond donors (Lipinski definition) is 1. The molecule has 0 unspecified atom stereocenters. The molecule has 1 rings (SSSR count). The maximum atomic E-state index is 5.60. The Hall–Kier alpha value is -0.0800. The SMILES string of the molecule is CC(C)(C)OCCNCC1CCC1.